The van der Waals surface area contributed by atoms with E-state index in [1.807, 2.05) is 0 Å². The van der Waals surface area contributed by atoms with Gasteiger partial charge in [0.1, 0.15) is 11.9 Å². The Labute approximate surface area is 140 Å². The van der Waals surface area contributed by atoms with Crippen molar-refractivity contribution in [1.29, 1.82) is 0 Å². The van der Waals surface area contributed by atoms with E-state index >= 15 is 0 Å². The SMILES string of the molecule is CNc1nc(N[C@@H]2CCO[C@@H]2c2ccc(F)c(F)c2)ncc1Br. The Bertz CT molecular complexity index is 716. The number of hydrogen-bond acceptors (Lipinski definition) is 5. The molecule has 0 spiro atoms. The summed E-state index contributed by atoms with van der Waals surface area (Å²) in [5.41, 5.74) is 0.588. The second kappa shape index (κ2) is 6.76. The molecule has 0 saturated carbocycles. The zero-order chi connectivity index (χ0) is 16.4. The van der Waals surface area contributed by atoms with Crippen molar-refractivity contribution in [3.63, 3.8) is 0 Å². The highest BCUT2D eigenvalue weighted by Gasteiger charge is 2.31. The molecule has 0 radical (unpaired) electrons. The van der Waals surface area contributed by atoms with Crippen LogP contribution in [0.2, 0.25) is 0 Å². The van der Waals surface area contributed by atoms with Gasteiger partial charge in [0.2, 0.25) is 5.95 Å². The standard InChI is InChI=1S/C15H15BrF2N4O/c1-19-14-9(16)7-20-15(22-14)21-12-4-5-23-13(12)8-2-3-10(17)11(18)6-8/h2-3,6-7,12-13H,4-5H2,1H3,(H2,19,20,21,22)/t12-,13-/m1/s1. The molecule has 1 aliphatic heterocycles. The fourth-order valence-corrected chi connectivity index (χ4v) is 2.92. The van der Waals surface area contributed by atoms with Gasteiger partial charge in [-0.15, -0.1) is 0 Å². The van der Waals surface area contributed by atoms with Crippen LogP contribution in [0, 0.1) is 11.6 Å². The van der Waals surface area contributed by atoms with Crippen molar-refractivity contribution in [2.45, 2.75) is 18.6 Å². The molecule has 1 aromatic heterocycles. The number of rotatable bonds is 4. The third-order valence-electron chi connectivity index (χ3n) is 3.66. The van der Waals surface area contributed by atoms with E-state index in [0.717, 1.165) is 17.0 Å². The number of nitrogens with zero attached hydrogens (tertiary/aromatic N) is 2. The highest BCUT2D eigenvalue weighted by Crippen LogP contribution is 2.32. The van der Waals surface area contributed by atoms with Crippen LogP contribution in [0.3, 0.4) is 0 Å². The van der Waals surface area contributed by atoms with Crippen LogP contribution in [0.15, 0.2) is 28.9 Å². The fraction of sp³-hybridized carbons (Fsp3) is 0.333. The van der Waals surface area contributed by atoms with Crippen LogP contribution in [-0.4, -0.2) is 29.7 Å². The molecule has 2 atom stereocenters. The van der Waals surface area contributed by atoms with Gasteiger partial charge in [-0.25, -0.2) is 13.8 Å². The minimum atomic E-state index is -0.880. The lowest BCUT2D eigenvalue weighted by atomic mass is 10.0. The van der Waals surface area contributed by atoms with Crippen LogP contribution in [0.4, 0.5) is 20.5 Å². The summed E-state index contributed by atoms with van der Waals surface area (Å²) >= 11 is 3.35. The van der Waals surface area contributed by atoms with Gasteiger partial charge in [-0.2, -0.15) is 4.98 Å². The Morgan fingerprint density at radius 2 is 2.13 bits per heavy atom. The molecule has 1 aromatic carbocycles. The van der Waals surface area contributed by atoms with Crippen LogP contribution in [0.25, 0.3) is 0 Å². The van der Waals surface area contributed by atoms with Crippen LogP contribution in [0.1, 0.15) is 18.1 Å². The van der Waals surface area contributed by atoms with Crippen molar-refractivity contribution in [3.8, 4) is 0 Å². The molecular formula is C15H15BrF2N4O. The lowest BCUT2D eigenvalue weighted by Gasteiger charge is -2.20. The predicted molar refractivity (Wildman–Crippen MR) is 86.4 cm³/mol. The van der Waals surface area contributed by atoms with Gasteiger partial charge in [-0.05, 0) is 40.0 Å². The maximum absolute atomic E-state index is 13.4. The van der Waals surface area contributed by atoms with E-state index in [1.165, 1.54) is 12.1 Å². The summed E-state index contributed by atoms with van der Waals surface area (Å²) in [7, 11) is 1.76. The number of hydrogen-bond donors (Lipinski definition) is 2. The highest BCUT2D eigenvalue weighted by atomic mass is 79.9. The third kappa shape index (κ3) is 3.42. The maximum Gasteiger partial charge on any atom is 0.224 e. The summed E-state index contributed by atoms with van der Waals surface area (Å²) in [5.74, 6) is -0.647. The first-order valence-corrected chi connectivity index (χ1v) is 7.91. The zero-order valence-electron chi connectivity index (χ0n) is 12.3. The molecule has 2 N–H and O–H groups in total. The molecule has 0 aliphatic carbocycles. The average Bonchev–Trinajstić information content (AvgIpc) is 3.00. The number of halogens is 3. The van der Waals surface area contributed by atoms with Crippen molar-refractivity contribution < 1.29 is 13.5 Å². The normalized spacial score (nSPS) is 20.5. The van der Waals surface area contributed by atoms with Crippen LogP contribution >= 0.6 is 15.9 Å². The topological polar surface area (TPSA) is 59.1 Å². The van der Waals surface area contributed by atoms with Gasteiger partial charge >= 0.3 is 0 Å². The molecule has 122 valence electrons. The molecule has 23 heavy (non-hydrogen) atoms. The monoisotopic (exact) mass is 384 g/mol. The van der Waals surface area contributed by atoms with Crippen molar-refractivity contribution in [3.05, 3.63) is 46.1 Å². The van der Waals surface area contributed by atoms with E-state index in [2.05, 4.69) is 36.5 Å². The van der Waals surface area contributed by atoms with Gasteiger partial charge in [0.15, 0.2) is 11.6 Å². The van der Waals surface area contributed by atoms with E-state index in [-0.39, 0.29) is 12.1 Å². The number of benzene rings is 1. The molecule has 5 nitrogen and oxygen atoms in total. The van der Waals surface area contributed by atoms with Crippen LogP contribution < -0.4 is 10.6 Å². The van der Waals surface area contributed by atoms with Gasteiger partial charge < -0.3 is 15.4 Å². The van der Waals surface area contributed by atoms with Gasteiger partial charge in [0, 0.05) is 19.9 Å². The first-order chi connectivity index (χ1) is 11.1. The van der Waals surface area contributed by atoms with E-state index in [9.17, 15) is 8.78 Å². The second-order valence-electron chi connectivity index (χ2n) is 5.14. The van der Waals surface area contributed by atoms with E-state index in [0.29, 0.717) is 23.9 Å². The van der Waals surface area contributed by atoms with E-state index < -0.39 is 11.6 Å². The second-order valence-corrected chi connectivity index (χ2v) is 6.00. The molecule has 1 aliphatic rings. The fourth-order valence-electron chi connectivity index (χ4n) is 2.53. The Balaban J connectivity index is 1.80. The van der Waals surface area contributed by atoms with Gasteiger partial charge in [-0.1, -0.05) is 6.07 Å². The predicted octanol–water partition coefficient (Wildman–Crippen LogP) is 3.50. The molecule has 2 aromatic rings. The minimum Gasteiger partial charge on any atom is -0.372 e. The molecule has 8 heteroatoms. The van der Waals surface area contributed by atoms with Crippen molar-refractivity contribution in [2.24, 2.45) is 0 Å². The number of anilines is 2. The molecule has 1 saturated heterocycles. The van der Waals surface area contributed by atoms with Gasteiger partial charge in [-0.3, -0.25) is 0 Å². The first kappa shape index (κ1) is 16.1. The quantitative estimate of drug-likeness (QED) is 0.844. The van der Waals surface area contributed by atoms with Gasteiger partial charge in [0.05, 0.1) is 10.5 Å². The molecular weight excluding hydrogens is 370 g/mol. The number of aromatic nitrogens is 2. The summed E-state index contributed by atoms with van der Waals surface area (Å²) in [6.07, 6.45) is 1.98. The summed E-state index contributed by atoms with van der Waals surface area (Å²) in [6, 6.07) is 3.69. The van der Waals surface area contributed by atoms with E-state index in [4.69, 9.17) is 4.74 Å². The third-order valence-corrected chi connectivity index (χ3v) is 4.24. The smallest absolute Gasteiger partial charge is 0.224 e. The van der Waals surface area contributed by atoms with E-state index in [1.54, 1.807) is 13.2 Å². The largest absolute Gasteiger partial charge is 0.372 e. The maximum atomic E-state index is 13.4. The zero-order valence-corrected chi connectivity index (χ0v) is 13.9. The Kier molecular flexibility index (Phi) is 4.72. The molecule has 2 heterocycles. The van der Waals surface area contributed by atoms with Crippen molar-refractivity contribution in [2.75, 3.05) is 24.3 Å². The molecule has 0 unspecified atom stereocenters. The lowest BCUT2D eigenvalue weighted by molar-refractivity contribution is 0.107. The summed E-state index contributed by atoms with van der Waals surface area (Å²) in [5, 5.41) is 6.16. The summed E-state index contributed by atoms with van der Waals surface area (Å²) in [6.45, 7) is 0.525. The number of ether oxygens (including phenoxy) is 1. The average molecular weight is 385 g/mol. The van der Waals surface area contributed by atoms with Gasteiger partial charge in [0.25, 0.3) is 0 Å². The minimum absolute atomic E-state index is 0.120. The summed E-state index contributed by atoms with van der Waals surface area (Å²) in [4.78, 5) is 8.56. The summed E-state index contributed by atoms with van der Waals surface area (Å²) < 4.78 is 33.0. The first-order valence-electron chi connectivity index (χ1n) is 7.12. The Morgan fingerprint density at radius 1 is 1.30 bits per heavy atom. The Hall–Kier alpha value is -1.80. The molecule has 0 bridgehead atoms. The number of nitrogens with one attached hydrogen (secondary N) is 2. The molecule has 1 fully saturated rings. The van der Waals surface area contributed by atoms with Crippen molar-refractivity contribution in [1.82, 2.24) is 9.97 Å². The van der Waals surface area contributed by atoms with Crippen LogP contribution in [-0.2, 0) is 4.74 Å². The molecule has 3 rings (SSSR count). The molecule has 0 amide bonds. The highest BCUT2D eigenvalue weighted by molar-refractivity contribution is 9.10. The Morgan fingerprint density at radius 3 is 2.87 bits per heavy atom. The lowest BCUT2D eigenvalue weighted by Crippen LogP contribution is -2.24. The van der Waals surface area contributed by atoms with Crippen molar-refractivity contribution >= 4 is 27.7 Å². The van der Waals surface area contributed by atoms with Crippen LogP contribution in [0.5, 0.6) is 0 Å².